The van der Waals surface area contributed by atoms with Crippen LogP contribution in [-0.2, 0) is 10.0 Å². The van der Waals surface area contributed by atoms with Crippen molar-refractivity contribution < 1.29 is 13.2 Å². The van der Waals surface area contributed by atoms with Gasteiger partial charge in [0.05, 0.1) is 17.2 Å². The summed E-state index contributed by atoms with van der Waals surface area (Å²) in [7, 11) is -3.49. The van der Waals surface area contributed by atoms with Crippen molar-refractivity contribution >= 4 is 15.8 Å². The average molecular weight is 439 g/mol. The van der Waals surface area contributed by atoms with Crippen LogP contribution in [0.15, 0.2) is 65.8 Å². The fourth-order valence-corrected chi connectivity index (χ4v) is 5.18. The van der Waals surface area contributed by atoms with Gasteiger partial charge >= 0.3 is 0 Å². The summed E-state index contributed by atoms with van der Waals surface area (Å²) in [6.07, 6.45) is 1.55. The lowest BCUT2D eigenvalue weighted by atomic mass is 10.1. The average Bonchev–Trinajstić information content (AvgIpc) is 2.80. The third kappa shape index (κ3) is 4.70. The Kier molecular flexibility index (Phi) is 6.20. The number of hydrogen-bond acceptors (Lipinski definition) is 6. The van der Waals surface area contributed by atoms with Crippen molar-refractivity contribution in [3.63, 3.8) is 0 Å². The van der Waals surface area contributed by atoms with Gasteiger partial charge in [-0.2, -0.15) is 4.31 Å². The number of piperazine rings is 1. The molecule has 1 aliphatic heterocycles. The molecule has 1 aromatic heterocycles. The van der Waals surface area contributed by atoms with Gasteiger partial charge in [-0.15, -0.1) is 0 Å². The van der Waals surface area contributed by atoms with Crippen LogP contribution in [0.1, 0.15) is 12.5 Å². The van der Waals surface area contributed by atoms with Gasteiger partial charge in [-0.1, -0.05) is 12.1 Å². The van der Waals surface area contributed by atoms with Crippen molar-refractivity contribution in [1.29, 1.82) is 0 Å². The maximum Gasteiger partial charge on any atom is 0.243 e. The maximum atomic E-state index is 13.0. The first-order valence-electron chi connectivity index (χ1n) is 10.3. The molecule has 0 unspecified atom stereocenters. The Bertz CT molecular complexity index is 1140. The summed E-state index contributed by atoms with van der Waals surface area (Å²) < 4.78 is 33.0. The predicted octanol–water partition coefficient (Wildman–Crippen LogP) is 3.36. The lowest BCUT2D eigenvalue weighted by molar-refractivity contribution is 0.340. The fraction of sp³-hybridized carbons (Fsp3) is 0.304. The fourth-order valence-electron chi connectivity index (χ4n) is 3.65. The van der Waals surface area contributed by atoms with Gasteiger partial charge in [0.15, 0.2) is 0 Å². The van der Waals surface area contributed by atoms with Crippen molar-refractivity contribution in [1.82, 2.24) is 14.3 Å². The Morgan fingerprint density at radius 3 is 2.39 bits per heavy atom. The van der Waals surface area contributed by atoms with Gasteiger partial charge in [0.1, 0.15) is 17.9 Å². The summed E-state index contributed by atoms with van der Waals surface area (Å²) in [5, 5.41) is 0. The van der Waals surface area contributed by atoms with Crippen LogP contribution in [0.3, 0.4) is 0 Å². The maximum absolute atomic E-state index is 13.0. The van der Waals surface area contributed by atoms with E-state index in [9.17, 15) is 8.42 Å². The first-order chi connectivity index (χ1) is 15.0. The van der Waals surface area contributed by atoms with Gasteiger partial charge in [0, 0.05) is 37.8 Å². The molecule has 0 bridgehead atoms. The number of sulfonamides is 1. The summed E-state index contributed by atoms with van der Waals surface area (Å²) >= 11 is 0. The van der Waals surface area contributed by atoms with Gasteiger partial charge in [-0.3, -0.25) is 0 Å². The van der Waals surface area contributed by atoms with Gasteiger partial charge in [0.25, 0.3) is 0 Å². The van der Waals surface area contributed by atoms with E-state index in [2.05, 4.69) is 14.9 Å². The van der Waals surface area contributed by atoms with E-state index in [-0.39, 0.29) is 0 Å². The standard InChI is InChI=1S/C23H26N4O3S/c1-3-30-20-9-7-19(8-10-20)22-16-23(25-17-24-22)26-11-13-27(14-12-26)31(28,29)21-6-4-5-18(2)15-21/h4-10,15-17H,3,11-14H2,1-2H3. The van der Waals surface area contributed by atoms with Crippen molar-refractivity contribution in [3.8, 4) is 17.0 Å². The van der Waals surface area contributed by atoms with Crippen LogP contribution in [-0.4, -0.2) is 55.5 Å². The number of ether oxygens (including phenoxy) is 1. The monoisotopic (exact) mass is 438 g/mol. The molecule has 0 aliphatic carbocycles. The highest BCUT2D eigenvalue weighted by Crippen LogP contribution is 2.25. The highest BCUT2D eigenvalue weighted by atomic mass is 32.2. The van der Waals surface area contributed by atoms with Crippen molar-refractivity contribution in [2.75, 3.05) is 37.7 Å². The van der Waals surface area contributed by atoms with Crippen molar-refractivity contribution in [3.05, 3.63) is 66.5 Å². The largest absolute Gasteiger partial charge is 0.494 e. The highest BCUT2D eigenvalue weighted by Gasteiger charge is 2.29. The molecule has 31 heavy (non-hydrogen) atoms. The number of benzene rings is 2. The first kappa shape index (κ1) is 21.3. The molecule has 8 heteroatoms. The molecule has 0 radical (unpaired) electrons. The van der Waals surface area contributed by atoms with E-state index >= 15 is 0 Å². The SMILES string of the molecule is CCOc1ccc(-c2cc(N3CCN(S(=O)(=O)c4cccc(C)c4)CC3)ncn2)cc1. The Hall–Kier alpha value is -2.97. The second-order valence-corrected chi connectivity index (χ2v) is 9.36. The molecule has 0 N–H and O–H groups in total. The van der Waals surface area contributed by atoms with Gasteiger partial charge in [-0.25, -0.2) is 18.4 Å². The molecular weight excluding hydrogens is 412 g/mol. The molecule has 0 spiro atoms. The minimum absolute atomic E-state index is 0.348. The van der Waals surface area contributed by atoms with Gasteiger partial charge in [-0.05, 0) is 55.8 Å². The van der Waals surface area contributed by atoms with E-state index < -0.39 is 10.0 Å². The smallest absolute Gasteiger partial charge is 0.243 e. The Morgan fingerprint density at radius 2 is 1.71 bits per heavy atom. The zero-order valence-electron chi connectivity index (χ0n) is 17.7. The molecule has 4 rings (SSSR count). The predicted molar refractivity (Wildman–Crippen MR) is 121 cm³/mol. The van der Waals surface area contributed by atoms with Gasteiger partial charge in [0.2, 0.25) is 10.0 Å². The molecule has 7 nitrogen and oxygen atoms in total. The zero-order chi connectivity index (χ0) is 21.8. The Balaban J connectivity index is 1.46. The number of nitrogens with zero attached hydrogens (tertiary/aromatic N) is 4. The Morgan fingerprint density at radius 1 is 0.968 bits per heavy atom. The summed E-state index contributed by atoms with van der Waals surface area (Å²) in [5.41, 5.74) is 2.73. The molecule has 1 fully saturated rings. The van der Waals surface area contributed by atoms with Crippen LogP contribution in [0.4, 0.5) is 5.82 Å². The van der Waals surface area contributed by atoms with E-state index in [1.54, 1.807) is 28.8 Å². The van der Waals surface area contributed by atoms with Crippen LogP contribution in [0.5, 0.6) is 5.75 Å². The number of anilines is 1. The van der Waals surface area contributed by atoms with Crippen molar-refractivity contribution in [2.45, 2.75) is 18.7 Å². The third-order valence-electron chi connectivity index (χ3n) is 5.30. The van der Waals surface area contributed by atoms with Crippen molar-refractivity contribution in [2.24, 2.45) is 0 Å². The molecule has 2 aromatic carbocycles. The molecule has 0 saturated carbocycles. The molecule has 3 aromatic rings. The number of rotatable bonds is 6. The van der Waals surface area contributed by atoms with E-state index in [1.165, 1.54) is 0 Å². The molecule has 0 atom stereocenters. The first-order valence-corrected chi connectivity index (χ1v) is 11.8. The molecule has 0 amide bonds. The molecule has 1 aliphatic rings. The third-order valence-corrected chi connectivity index (χ3v) is 7.20. The molecular formula is C23H26N4O3S. The zero-order valence-corrected chi connectivity index (χ0v) is 18.5. The minimum Gasteiger partial charge on any atom is -0.494 e. The number of aromatic nitrogens is 2. The second kappa shape index (κ2) is 9.03. The Labute approximate surface area is 183 Å². The summed E-state index contributed by atoms with van der Waals surface area (Å²) in [6.45, 7) is 6.46. The van der Waals surface area contributed by atoms with E-state index in [0.717, 1.165) is 28.4 Å². The van der Waals surface area contributed by atoms with Gasteiger partial charge < -0.3 is 9.64 Å². The van der Waals surface area contributed by atoms with E-state index in [4.69, 9.17) is 4.74 Å². The van der Waals surface area contributed by atoms with Crippen LogP contribution >= 0.6 is 0 Å². The summed E-state index contributed by atoms with van der Waals surface area (Å²) in [4.78, 5) is 11.3. The summed E-state index contributed by atoms with van der Waals surface area (Å²) in [6, 6.07) is 16.8. The van der Waals surface area contributed by atoms with Crippen LogP contribution in [0.25, 0.3) is 11.3 Å². The van der Waals surface area contributed by atoms with E-state index in [1.807, 2.05) is 50.2 Å². The molecule has 1 saturated heterocycles. The highest BCUT2D eigenvalue weighted by molar-refractivity contribution is 7.89. The van der Waals surface area contributed by atoms with Crippen LogP contribution < -0.4 is 9.64 Å². The number of hydrogen-bond donors (Lipinski definition) is 0. The molecule has 2 heterocycles. The quantitative estimate of drug-likeness (QED) is 0.587. The van der Waals surface area contributed by atoms with Crippen LogP contribution in [0.2, 0.25) is 0 Å². The lowest BCUT2D eigenvalue weighted by Gasteiger charge is -2.34. The minimum atomic E-state index is -3.49. The van der Waals surface area contributed by atoms with E-state index in [0.29, 0.717) is 37.7 Å². The second-order valence-electron chi connectivity index (χ2n) is 7.43. The number of aryl methyl sites for hydroxylation is 1. The lowest BCUT2D eigenvalue weighted by Crippen LogP contribution is -2.48. The summed E-state index contributed by atoms with van der Waals surface area (Å²) in [5.74, 6) is 1.62. The normalized spacial score (nSPS) is 15.1. The molecule has 162 valence electrons. The topological polar surface area (TPSA) is 75.6 Å². The van der Waals surface area contributed by atoms with Crippen LogP contribution in [0, 0.1) is 6.92 Å².